The molecule has 5 aromatic carbocycles. The van der Waals surface area contributed by atoms with E-state index < -0.39 is 0 Å². The maximum atomic E-state index is 2.17. The van der Waals surface area contributed by atoms with E-state index in [2.05, 4.69) is 139 Å². The van der Waals surface area contributed by atoms with E-state index in [1.807, 2.05) is 50.2 Å². The lowest BCUT2D eigenvalue weighted by molar-refractivity contribution is 1.40. The first-order valence-corrected chi connectivity index (χ1v) is 13.5. The lowest BCUT2D eigenvalue weighted by Gasteiger charge is -2.02. The molecular formula is C38H46. The summed E-state index contributed by atoms with van der Waals surface area (Å²) in [6, 6.07) is 46.3. The molecule has 0 N–H and O–H groups in total. The first-order valence-electron chi connectivity index (χ1n) is 13.5. The minimum Gasteiger partial charge on any atom is -0.0683 e. The molecule has 38 heavy (non-hydrogen) atoms. The van der Waals surface area contributed by atoms with Gasteiger partial charge in [-0.3, -0.25) is 0 Å². The smallest absolute Gasteiger partial charge is 0.0184 e. The minimum atomic E-state index is 1.29. The van der Waals surface area contributed by atoms with Crippen molar-refractivity contribution in [2.75, 3.05) is 0 Å². The van der Waals surface area contributed by atoms with Crippen LogP contribution in [0.1, 0.15) is 47.2 Å². The van der Waals surface area contributed by atoms with Crippen molar-refractivity contribution < 1.29 is 0 Å². The van der Waals surface area contributed by atoms with Crippen LogP contribution in [-0.4, -0.2) is 0 Å². The van der Waals surface area contributed by atoms with Gasteiger partial charge in [-0.05, 0) is 52.7 Å². The molecular weight excluding hydrogens is 456 g/mol. The van der Waals surface area contributed by atoms with Crippen molar-refractivity contribution in [1.29, 1.82) is 0 Å². The molecule has 0 amide bonds. The number of hydrogen-bond donors (Lipinski definition) is 0. The Kier molecular flexibility index (Phi) is 16.3. The van der Waals surface area contributed by atoms with Crippen LogP contribution in [-0.2, 0) is 0 Å². The summed E-state index contributed by atoms with van der Waals surface area (Å²) in [4.78, 5) is 0. The second-order valence-electron chi connectivity index (χ2n) is 9.20. The molecule has 0 radical (unpaired) electrons. The Bertz CT molecular complexity index is 1110. The topological polar surface area (TPSA) is 0 Å². The standard InChI is InChI=1S/C14H14.C8H10.2C7H8.C2H6/c1-11-3-7-13(8-4-11)14-9-5-12(2)6-10-14;1-7-3-5-8(2)6-4-7;2*1-7-5-3-2-4-6-7;1-2/h3-10H,1-2H3;3-6H,1-2H3;2*2-6H,1H3;1-2H3. The third kappa shape index (κ3) is 14.6. The molecule has 0 heteroatoms. The van der Waals surface area contributed by atoms with Crippen LogP contribution in [0.2, 0.25) is 0 Å². The van der Waals surface area contributed by atoms with Gasteiger partial charge in [-0.15, -0.1) is 0 Å². The van der Waals surface area contributed by atoms with Gasteiger partial charge in [0.25, 0.3) is 0 Å². The monoisotopic (exact) mass is 502 g/mol. The fourth-order valence-corrected chi connectivity index (χ4v) is 3.20. The van der Waals surface area contributed by atoms with E-state index in [1.165, 1.54) is 44.5 Å². The number of benzene rings is 5. The van der Waals surface area contributed by atoms with E-state index in [0.717, 1.165) is 0 Å². The largest absolute Gasteiger partial charge is 0.0683 e. The second kappa shape index (κ2) is 19.2. The first-order chi connectivity index (χ1) is 18.3. The fourth-order valence-electron chi connectivity index (χ4n) is 3.20. The van der Waals surface area contributed by atoms with Gasteiger partial charge < -0.3 is 0 Å². The van der Waals surface area contributed by atoms with Crippen molar-refractivity contribution in [3.8, 4) is 11.1 Å². The molecule has 0 saturated carbocycles. The van der Waals surface area contributed by atoms with Gasteiger partial charge in [0.05, 0.1) is 0 Å². The Morgan fingerprint density at radius 3 is 0.605 bits per heavy atom. The van der Waals surface area contributed by atoms with Crippen LogP contribution in [0.4, 0.5) is 0 Å². The van der Waals surface area contributed by atoms with Gasteiger partial charge in [0.1, 0.15) is 0 Å². The summed E-state index contributed by atoms with van der Waals surface area (Å²) in [5, 5.41) is 0. The summed E-state index contributed by atoms with van der Waals surface area (Å²) in [5.74, 6) is 0. The van der Waals surface area contributed by atoms with Crippen molar-refractivity contribution in [2.24, 2.45) is 0 Å². The van der Waals surface area contributed by atoms with Gasteiger partial charge in [-0.1, -0.05) is 181 Å². The third-order valence-electron chi connectivity index (χ3n) is 5.54. The van der Waals surface area contributed by atoms with E-state index in [4.69, 9.17) is 0 Å². The zero-order valence-electron chi connectivity index (χ0n) is 24.7. The zero-order valence-corrected chi connectivity index (χ0v) is 24.7. The molecule has 0 saturated heterocycles. The maximum absolute atomic E-state index is 2.17. The van der Waals surface area contributed by atoms with Gasteiger partial charge in [0, 0.05) is 0 Å². The summed E-state index contributed by atoms with van der Waals surface area (Å²) in [5.41, 5.74) is 10.5. The van der Waals surface area contributed by atoms with Crippen molar-refractivity contribution in [2.45, 2.75) is 55.4 Å². The lowest BCUT2D eigenvalue weighted by Crippen LogP contribution is -1.78. The molecule has 0 aromatic heterocycles. The molecule has 198 valence electrons. The highest BCUT2D eigenvalue weighted by Gasteiger charge is 1.95. The molecule has 0 aliphatic heterocycles. The van der Waals surface area contributed by atoms with Crippen LogP contribution in [0, 0.1) is 41.5 Å². The molecule has 0 heterocycles. The molecule has 0 atom stereocenters. The van der Waals surface area contributed by atoms with Crippen molar-refractivity contribution >= 4 is 0 Å². The Morgan fingerprint density at radius 2 is 0.421 bits per heavy atom. The van der Waals surface area contributed by atoms with E-state index in [1.54, 1.807) is 0 Å². The summed E-state index contributed by atoms with van der Waals surface area (Å²) in [7, 11) is 0. The number of aryl methyl sites for hydroxylation is 6. The quantitative estimate of drug-likeness (QED) is 0.214. The summed E-state index contributed by atoms with van der Waals surface area (Å²) >= 11 is 0. The highest BCUT2D eigenvalue weighted by atomic mass is 14.0. The molecule has 5 rings (SSSR count). The maximum Gasteiger partial charge on any atom is -0.0184 e. The van der Waals surface area contributed by atoms with Gasteiger partial charge in [-0.25, -0.2) is 0 Å². The van der Waals surface area contributed by atoms with Crippen LogP contribution >= 0.6 is 0 Å². The minimum absolute atomic E-state index is 1.29. The third-order valence-corrected chi connectivity index (χ3v) is 5.54. The van der Waals surface area contributed by atoms with Gasteiger partial charge >= 0.3 is 0 Å². The molecule has 0 aliphatic carbocycles. The SMILES string of the molecule is CC.Cc1ccc(-c2ccc(C)cc2)cc1.Cc1ccc(C)cc1.Cc1ccccc1.Cc1ccccc1. The van der Waals surface area contributed by atoms with Crippen LogP contribution < -0.4 is 0 Å². The summed E-state index contributed by atoms with van der Waals surface area (Å²) in [6.45, 7) is 16.6. The van der Waals surface area contributed by atoms with Crippen molar-refractivity contribution in [3.05, 3.63) is 167 Å². The Labute approximate surface area is 233 Å². The molecule has 0 aliphatic rings. The fraction of sp³-hybridized carbons (Fsp3) is 0.211. The molecule has 5 aromatic rings. The van der Waals surface area contributed by atoms with Crippen molar-refractivity contribution in [1.82, 2.24) is 0 Å². The summed E-state index contributed by atoms with van der Waals surface area (Å²) < 4.78 is 0. The first kappa shape index (κ1) is 32.1. The highest BCUT2D eigenvalue weighted by molar-refractivity contribution is 5.63. The van der Waals surface area contributed by atoms with E-state index in [-0.39, 0.29) is 0 Å². The number of rotatable bonds is 1. The lowest BCUT2D eigenvalue weighted by atomic mass is 10.0. The van der Waals surface area contributed by atoms with E-state index >= 15 is 0 Å². The van der Waals surface area contributed by atoms with E-state index in [0.29, 0.717) is 0 Å². The summed E-state index contributed by atoms with van der Waals surface area (Å²) in [6.07, 6.45) is 0. The highest BCUT2D eigenvalue weighted by Crippen LogP contribution is 2.19. The zero-order chi connectivity index (χ0) is 28.2. The normalized spacial score (nSPS) is 9.05. The number of hydrogen-bond acceptors (Lipinski definition) is 0. The average molecular weight is 503 g/mol. The van der Waals surface area contributed by atoms with Crippen LogP contribution in [0.25, 0.3) is 11.1 Å². The second-order valence-corrected chi connectivity index (χ2v) is 9.20. The molecule has 0 unspecified atom stereocenters. The molecule has 0 nitrogen and oxygen atoms in total. The van der Waals surface area contributed by atoms with Crippen molar-refractivity contribution in [3.63, 3.8) is 0 Å². The Balaban J connectivity index is 0.000000261. The van der Waals surface area contributed by atoms with Gasteiger partial charge in [0.15, 0.2) is 0 Å². The Hall–Kier alpha value is -3.90. The van der Waals surface area contributed by atoms with Crippen LogP contribution in [0.5, 0.6) is 0 Å². The Morgan fingerprint density at radius 1 is 0.237 bits per heavy atom. The molecule has 0 spiro atoms. The predicted octanol–water partition coefficient (Wildman–Crippen LogP) is 11.3. The van der Waals surface area contributed by atoms with E-state index in [9.17, 15) is 0 Å². The predicted molar refractivity (Wildman–Crippen MR) is 171 cm³/mol. The van der Waals surface area contributed by atoms with Gasteiger partial charge in [-0.2, -0.15) is 0 Å². The average Bonchev–Trinajstić information content (AvgIpc) is 2.94. The van der Waals surface area contributed by atoms with Crippen LogP contribution in [0.15, 0.2) is 133 Å². The molecule has 0 bridgehead atoms. The van der Waals surface area contributed by atoms with Crippen LogP contribution in [0.3, 0.4) is 0 Å². The molecule has 0 fully saturated rings. The van der Waals surface area contributed by atoms with Gasteiger partial charge in [0.2, 0.25) is 0 Å².